The molecule has 4 aromatic carbocycles. The Morgan fingerprint density at radius 3 is 0.793 bits per heavy atom. The molecule has 0 spiro atoms. The van der Waals surface area contributed by atoms with Crippen LogP contribution in [0, 0.1) is 0 Å². The minimum Gasteiger partial charge on any atom is -0.287 e. The Hall–Kier alpha value is -2.13. The van der Waals surface area contributed by atoms with Crippen molar-refractivity contribution >= 4 is 50.6 Å². The van der Waals surface area contributed by atoms with E-state index < -0.39 is 14.3 Å². The molecule has 0 aromatic heterocycles. The summed E-state index contributed by atoms with van der Waals surface area (Å²) in [6.45, 7) is 0. The van der Waals surface area contributed by atoms with Crippen LogP contribution in [0.25, 0.3) is 0 Å². The molecule has 0 unspecified atom stereocenters. The van der Waals surface area contributed by atoms with E-state index >= 15 is 0 Å². The van der Waals surface area contributed by atoms with Gasteiger partial charge < -0.3 is 0 Å². The van der Waals surface area contributed by atoms with Crippen LogP contribution in [-0.4, -0.2) is 21.0 Å². The van der Waals surface area contributed by atoms with Crippen LogP contribution in [-0.2, 0) is 0 Å². The van der Waals surface area contributed by atoms with E-state index in [1.165, 1.54) is 21.2 Å². The Kier molecular flexibility index (Phi) is 6.05. The Morgan fingerprint density at radius 2 is 0.586 bits per heavy atom. The molecule has 0 bridgehead atoms. The van der Waals surface area contributed by atoms with Crippen LogP contribution in [0.1, 0.15) is 0 Å². The van der Waals surface area contributed by atoms with Crippen molar-refractivity contribution in [2.45, 2.75) is 0 Å². The van der Waals surface area contributed by atoms with E-state index in [4.69, 9.17) is 15.1 Å². The van der Waals surface area contributed by atoms with Crippen molar-refractivity contribution in [2.75, 3.05) is 5.90 Å². The van der Waals surface area contributed by atoms with Crippen molar-refractivity contribution in [3.63, 3.8) is 0 Å². The van der Waals surface area contributed by atoms with Gasteiger partial charge in [0.1, 0.15) is 0 Å². The summed E-state index contributed by atoms with van der Waals surface area (Å²) < 4.78 is 0. The van der Waals surface area contributed by atoms with Crippen molar-refractivity contribution in [1.29, 1.82) is 0 Å². The molecule has 0 aliphatic heterocycles. The Labute approximate surface area is 177 Å². The van der Waals surface area contributed by atoms with Gasteiger partial charge in [-0.15, -0.1) is 14.3 Å². The molecule has 0 aliphatic rings. The highest BCUT2D eigenvalue weighted by Crippen LogP contribution is 2.67. The van der Waals surface area contributed by atoms with Gasteiger partial charge in [0.25, 0.3) is 0 Å². The second kappa shape index (κ2) is 8.71. The zero-order chi connectivity index (χ0) is 20.2. The fraction of sp³-hybridized carbons (Fsp3) is 0.0400. The molecule has 0 heterocycles. The van der Waals surface area contributed by atoms with Crippen LogP contribution in [0.3, 0.4) is 0 Å². The van der Waals surface area contributed by atoms with Gasteiger partial charge in [0.2, 0.25) is 0 Å². The van der Waals surface area contributed by atoms with Crippen LogP contribution < -0.4 is 21.2 Å². The van der Waals surface area contributed by atoms with Gasteiger partial charge >= 0.3 is 0 Å². The Bertz CT molecular complexity index is 873. The fourth-order valence-corrected chi connectivity index (χ4v) is 12.6. The smallest absolute Gasteiger partial charge is 0.0830 e. The van der Waals surface area contributed by atoms with E-state index in [2.05, 4.69) is 97.1 Å². The van der Waals surface area contributed by atoms with E-state index in [-0.39, 0.29) is 0 Å². The summed E-state index contributed by atoms with van der Waals surface area (Å²) >= 11 is 0. The molecule has 138 valence electrons. The van der Waals surface area contributed by atoms with Crippen molar-refractivity contribution in [3.8, 4) is 0 Å². The molecule has 0 fully saturated rings. The average Bonchev–Trinajstić information content (AvgIpc) is 2.81. The lowest BCUT2D eigenvalue weighted by Crippen LogP contribution is -2.32. The minimum atomic E-state index is -2.20. The number of hydrogen-bond acceptors (Lipinski definition) is 0. The first kappa shape index (κ1) is 20.2. The summed E-state index contributed by atoms with van der Waals surface area (Å²) in [7, 11) is 10.3. The van der Waals surface area contributed by atoms with Gasteiger partial charge in [-0.2, -0.15) is 0 Å². The molecule has 0 aliphatic carbocycles. The molecule has 0 N–H and O–H groups in total. The first-order valence-electron chi connectivity index (χ1n) is 9.69. The van der Waals surface area contributed by atoms with E-state index in [9.17, 15) is 0 Å². The lowest BCUT2D eigenvalue weighted by atomic mass is 10.4. The van der Waals surface area contributed by atoms with Crippen LogP contribution in [0.4, 0.5) is 0 Å². The normalized spacial score (nSPS) is 11.9. The lowest BCUT2D eigenvalue weighted by molar-refractivity contribution is 1.72. The second-order valence-electron chi connectivity index (χ2n) is 7.22. The third-order valence-corrected chi connectivity index (χ3v) is 13.8. The van der Waals surface area contributed by atoms with Gasteiger partial charge in [0.05, 0.1) is 27.1 Å². The molecular weight excluding hydrogens is 384 g/mol. The number of benzene rings is 4. The summed E-state index contributed by atoms with van der Waals surface area (Å²) in [6.07, 6.45) is 0. The summed E-state index contributed by atoms with van der Waals surface area (Å²) in [5.41, 5.74) is 0. The van der Waals surface area contributed by atoms with Gasteiger partial charge in [0, 0.05) is 0 Å². The predicted molar refractivity (Wildman–Crippen MR) is 135 cm³/mol. The molecule has 4 heteroatoms. The average molecular weight is 406 g/mol. The quantitative estimate of drug-likeness (QED) is 0.328. The molecule has 4 aromatic rings. The van der Waals surface area contributed by atoms with Crippen molar-refractivity contribution in [3.05, 3.63) is 121 Å². The van der Waals surface area contributed by atoms with Crippen LogP contribution >= 0.6 is 14.3 Å². The van der Waals surface area contributed by atoms with Crippen LogP contribution in [0.5, 0.6) is 0 Å². The molecule has 0 atom stereocenters. The van der Waals surface area contributed by atoms with Gasteiger partial charge in [-0.25, -0.2) is 0 Å². The van der Waals surface area contributed by atoms with Gasteiger partial charge in [-0.1, -0.05) is 72.8 Å². The molecular formula is C25H22B2P2. The first-order valence-corrected chi connectivity index (χ1v) is 13.8. The zero-order valence-electron chi connectivity index (χ0n) is 16.3. The second-order valence-corrected chi connectivity index (χ2v) is 13.9. The predicted octanol–water partition coefficient (Wildman–Crippen LogP) is 4.45. The van der Waals surface area contributed by atoms with Gasteiger partial charge in [0.15, 0.2) is 0 Å². The highest BCUT2D eigenvalue weighted by atomic mass is 31.2. The van der Waals surface area contributed by atoms with E-state index in [0.717, 1.165) is 5.90 Å². The topological polar surface area (TPSA) is 0 Å². The van der Waals surface area contributed by atoms with E-state index in [1.807, 2.05) is 24.3 Å². The molecule has 4 rings (SSSR count). The standard InChI is InChI=1S/C25H22B2P2/c26-28(22-13-5-1-6-14-22,23-15-7-2-8-16-23)21-29(27,24-17-9-3-10-18-24)25-19-11-4-12-20-25/h1-20H,21H2. The summed E-state index contributed by atoms with van der Waals surface area (Å²) in [5.74, 6) is 0.752. The van der Waals surface area contributed by atoms with E-state index in [1.54, 1.807) is 0 Å². The Balaban J connectivity index is 1.91. The van der Waals surface area contributed by atoms with Gasteiger partial charge in [-0.3, -0.25) is 15.1 Å². The fourth-order valence-electron chi connectivity index (χ4n) is 3.75. The number of hydrogen-bond donors (Lipinski definition) is 0. The highest BCUT2D eigenvalue weighted by Gasteiger charge is 2.36. The summed E-state index contributed by atoms with van der Waals surface area (Å²) in [5, 5.41) is 4.75. The maximum absolute atomic E-state index is 7.36. The summed E-state index contributed by atoms with van der Waals surface area (Å²) in [4.78, 5) is 0. The van der Waals surface area contributed by atoms with E-state index in [0.29, 0.717) is 0 Å². The third-order valence-electron chi connectivity index (χ3n) is 5.31. The van der Waals surface area contributed by atoms with Crippen LogP contribution in [0.2, 0.25) is 0 Å². The molecule has 0 saturated heterocycles. The monoisotopic (exact) mass is 406 g/mol. The molecule has 29 heavy (non-hydrogen) atoms. The molecule has 6 radical (unpaired) electrons. The molecule has 0 amide bonds. The SMILES string of the molecule is [B-][P+](C[P+]([B-])(c1ccccc1)c1ccccc1)(c1ccccc1)c1ccccc1. The van der Waals surface area contributed by atoms with Gasteiger partial charge in [-0.05, 0) is 48.5 Å². The Morgan fingerprint density at radius 1 is 0.379 bits per heavy atom. The zero-order valence-corrected chi connectivity index (χ0v) is 18.1. The van der Waals surface area contributed by atoms with Crippen molar-refractivity contribution < 1.29 is 0 Å². The minimum absolute atomic E-state index is 0.752. The van der Waals surface area contributed by atoms with Crippen molar-refractivity contribution in [1.82, 2.24) is 0 Å². The lowest BCUT2D eigenvalue weighted by Gasteiger charge is -2.46. The maximum atomic E-state index is 7.36. The van der Waals surface area contributed by atoms with Crippen LogP contribution in [0.15, 0.2) is 121 Å². The number of rotatable bonds is 6. The summed E-state index contributed by atoms with van der Waals surface area (Å²) in [6, 6.07) is 42.0. The molecule has 0 nitrogen and oxygen atoms in total. The highest BCUT2D eigenvalue weighted by molar-refractivity contribution is 8.21. The maximum Gasteiger partial charge on any atom is 0.0830 e. The molecule has 0 saturated carbocycles. The largest absolute Gasteiger partial charge is 0.287 e. The first-order chi connectivity index (χ1) is 14.1. The van der Waals surface area contributed by atoms with Crippen molar-refractivity contribution in [2.24, 2.45) is 0 Å². The third kappa shape index (κ3) is 4.11.